The number of ether oxygens (including phenoxy) is 1. The molecule has 0 heterocycles. The summed E-state index contributed by atoms with van der Waals surface area (Å²) in [5.74, 6) is -0.606. The number of benzene rings is 2. The van der Waals surface area contributed by atoms with Gasteiger partial charge in [0.25, 0.3) is 0 Å². The molecule has 0 radical (unpaired) electrons. The van der Waals surface area contributed by atoms with Gasteiger partial charge in [0, 0.05) is 4.47 Å². The number of para-hydroxylation sites is 1. The summed E-state index contributed by atoms with van der Waals surface area (Å²) in [6, 6.07) is 13.4. The van der Waals surface area contributed by atoms with Gasteiger partial charge in [0.1, 0.15) is 11.6 Å². The molecule has 4 nitrogen and oxygen atoms in total. The van der Waals surface area contributed by atoms with Gasteiger partial charge in [-0.25, -0.2) is 4.39 Å². The molecule has 0 aliphatic carbocycles. The highest BCUT2D eigenvalue weighted by Crippen LogP contribution is 2.21. The van der Waals surface area contributed by atoms with Crippen LogP contribution in [0.1, 0.15) is 19.4 Å². The summed E-state index contributed by atoms with van der Waals surface area (Å²) in [4.78, 5) is 12.4. The molecule has 0 aliphatic rings. The standard InChI is InChI=1S/C18H20BrFN2O2.ClH/c1-12(24-16-6-4-3-5-15(16)20)11-22-17(23)18(2,21)13-7-9-14(19)10-8-13;/h3-10,12H,11,21H2,1-2H3,(H,22,23);1H. The highest BCUT2D eigenvalue weighted by molar-refractivity contribution is 9.10. The maximum atomic E-state index is 13.6. The van der Waals surface area contributed by atoms with E-state index in [2.05, 4.69) is 21.2 Å². The third kappa shape index (κ3) is 5.70. The first-order valence-electron chi connectivity index (χ1n) is 7.55. The summed E-state index contributed by atoms with van der Waals surface area (Å²) < 4.78 is 20.0. The molecule has 2 rings (SSSR count). The van der Waals surface area contributed by atoms with E-state index in [4.69, 9.17) is 10.5 Å². The first-order valence-corrected chi connectivity index (χ1v) is 8.34. The first-order chi connectivity index (χ1) is 11.3. The molecule has 25 heavy (non-hydrogen) atoms. The number of nitrogens with two attached hydrogens (primary N) is 1. The van der Waals surface area contributed by atoms with Crippen molar-refractivity contribution in [3.05, 3.63) is 64.4 Å². The van der Waals surface area contributed by atoms with Crippen LogP contribution in [0.3, 0.4) is 0 Å². The van der Waals surface area contributed by atoms with E-state index in [1.54, 1.807) is 44.2 Å². The van der Waals surface area contributed by atoms with Crippen LogP contribution in [-0.4, -0.2) is 18.6 Å². The second-order valence-electron chi connectivity index (χ2n) is 5.78. The number of hydrogen-bond acceptors (Lipinski definition) is 3. The van der Waals surface area contributed by atoms with Crippen molar-refractivity contribution in [2.24, 2.45) is 5.73 Å². The molecule has 0 saturated carbocycles. The van der Waals surface area contributed by atoms with Gasteiger partial charge in [-0.3, -0.25) is 4.79 Å². The Morgan fingerprint density at radius 2 is 1.88 bits per heavy atom. The number of amides is 1. The van der Waals surface area contributed by atoms with Crippen molar-refractivity contribution in [3.8, 4) is 5.75 Å². The molecule has 0 aromatic heterocycles. The quantitative estimate of drug-likeness (QED) is 0.732. The number of nitrogens with one attached hydrogen (secondary N) is 1. The Labute approximate surface area is 161 Å². The van der Waals surface area contributed by atoms with Gasteiger partial charge in [-0.05, 0) is 43.7 Å². The Morgan fingerprint density at radius 3 is 2.48 bits per heavy atom. The molecule has 2 unspecified atom stereocenters. The molecule has 3 N–H and O–H groups in total. The average Bonchev–Trinajstić information content (AvgIpc) is 2.55. The van der Waals surface area contributed by atoms with E-state index in [0.717, 1.165) is 4.47 Å². The Hall–Kier alpha value is -1.63. The second kappa shape index (κ2) is 9.17. The van der Waals surface area contributed by atoms with Gasteiger partial charge >= 0.3 is 0 Å². The molecular formula is C18H21BrClFN2O2. The monoisotopic (exact) mass is 430 g/mol. The minimum atomic E-state index is -1.17. The van der Waals surface area contributed by atoms with Crippen LogP contribution < -0.4 is 15.8 Å². The second-order valence-corrected chi connectivity index (χ2v) is 6.69. The van der Waals surface area contributed by atoms with Crippen molar-refractivity contribution in [2.45, 2.75) is 25.5 Å². The predicted molar refractivity (Wildman–Crippen MR) is 102 cm³/mol. The molecule has 136 valence electrons. The third-order valence-corrected chi connectivity index (χ3v) is 4.16. The van der Waals surface area contributed by atoms with Crippen molar-refractivity contribution in [1.82, 2.24) is 5.32 Å². The van der Waals surface area contributed by atoms with Gasteiger partial charge in [0.2, 0.25) is 5.91 Å². The summed E-state index contributed by atoms with van der Waals surface area (Å²) >= 11 is 3.35. The number of hydrogen-bond donors (Lipinski definition) is 2. The van der Waals surface area contributed by atoms with Crippen LogP contribution in [0.5, 0.6) is 5.75 Å². The minimum absolute atomic E-state index is 0. The van der Waals surface area contributed by atoms with Gasteiger partial charge in [-0.1, -0.05) is 40.2 Å². The smallest absolute Gasteiger partial charge is 0.244 e. The molecule has 0 saturated heterocycles. The van der Waals surface area contributed by atoms with E-state index < -0.39 is 17.5 Å². The van der Waals surface area contributed by atoms with Crippen LogP contribution in [0.2, 0.25) is 0 Å². The Balaban J connectivity index is 0.00000312. The topological polar surface area (TPSA) is 64.4 Å². The van der Waals surface area contributed by atoms with E-state index in [9.17, 15) is 9.18 Å². The molecule has 2 aromatic rings. The summed E-state index contributed by atoms with van der Waals surface area (Å²) in [5.41, 5.74) is 5.70. The molecule has 0 bridgehead atoms. The Kier molecular flexibility index (Phi) is 7.86. The van der Waals surface area contributed by atoms with E-state index in [1.807, 2.05) is 12.1 Å². The van der Waals surface area contributed by atoms with E-state index in [-0.39, 0.29) is 30.6 Å². The normalized spacial score (nSPS) is 14.0. The summed E-state index contributed by atoms with van der Waals surface area (Å²) in [6.45, 7) is 3.62. The number of rotatable bonds is 6. The molecular weight excluding hydrogens is 411 g/mol. The summed E-state index contributed by atoms with van der Waals surface area (Å²) in [7, 11) is 0. The molecule has 2 atom stereocenters. The lowest BCUT2D eigenvalue weighted by molar-refractivity contribution is -0.126. The lowest BCUT2D eigenvalue weighted by atomic mass is 9.92. The molecule has 1 amide bonds. The average molecular weight is 432 g/mol. The highest BCUT2D eigenvalue weighted by atomic mass is 79.9. The van der Waals surface area contributed by atoms with Crippen molar-refractivity contribution < 1.29 is 13.9 Å². The maximum Gasteiger partial charge on any atom is 0.244 e. The van der Waals surface area contributed by atoms with E-state index >= 15 is 0 Å². The predicted octanol–water partition coefficient (Wildman–Crippen LogP) is 3.77. The van der Waals surface area contributed by atoms with Crippen LogP contribution in [0, 0.1) is 5.82 Å². The van der Waals surface area contributed by atoms with E-state index in [1.165, 1.54) is 6.07 Å². The lowest BCUT2D eigenvalue weighted by Gasteiger charge is -2.25. The fourth-order valence-electron chi connectivity index (χ4n) is 2.15. The first kappa shape index (κ1) is 21.4. The van der Waals surface area contributed by atoms with Gasteiger partial charge < -0.3 is 15.8 Å². The highest BCUT2D eigenvalue weighted by Gasteiger charge is 2.30. The Morgan fingerprint density at radius 1 is 1.28 bits per heavy atom. The van der Waals surface area contributed by atoms with Crippen LogP contribution in [0.15, 0.2) is 53.0 Å². The number of carbonyl (C=O) groups is 1. The van der Waals surface area contributed by atoms with Crippen LogP contribution >= 0.6 is 28.3 Å². The zero-order valence-corrected chi connectivity index (χ0v) is 16.4. The molecule has 0 aliphatic heterocycles. The van der Waals surface area contributed by atoms with E-state index in [0.29, 0.717) is 5.56 Å². The SMILES string of the molecule is CC(CNC(=O)C(C)(N)c1ccc(Br)cc1)Oc1ccccc1F.Cl. The molecule has 2 aromatic carbocycles. The minimum Gasteiger partial charge on any atom is -0.486 e. The van der Waals surface area contributed by atoms with Crippen molar-refractivity contribution in [2.75, 3.05) is 6.54 Å². The fourth-order valence-corrected chi connectivity index (χ4v) is 2.41. The van der Waals surface area contributed by atoms with Crippen molar-refractivity contribution >= 4 is 34.2 Å². The lowest BCUT2D eigenvalue weighted by Crippen LogP contribution is -2.50. The van der Waals surface area contributed by atoms with Gasteiger partial charge in [-0.2, -0.15) is 0 Å². The molecule has 0 spiro atoms. The van der Waals surface area contributed by atoms with Crippen LogP contribution in [0.25, 0.3) is 0 Å². The van der Waals surface area contributed by atoms with Crippen molar-refractivity contribution in [1.29, 1.82) is 0 Å². The summed E-state index contributed by atoms with van der Waals surface area (Å²) in [5, 5.41) is 2.75. The van der Waals surface area contributed by atoms with Crippen molar-refractivity contribution in [3.63, 3.8) is 0 Å². The van der Waals surface area contributed by atoms with Gasteiger partial charge in [0.15, 0.2) is 11.6 Å². The number of halogens is 3. The summed E-state index contributed by atoms with van der Waals surface area (Å²) in [6.07, 6.45) is -0.397. The fraction of sp³-hybridized carbons (Fsp3) is 0.278. The van der Waals surface area contributed by atoms with Crippen LogP contribution in [0.4, 0.5) is 4.39 Å². The largest absolute Gasteiger partial charge is 0.486 e. The maximum absolute atomic E-state index is 13.6. The number of carbonyl (C=O) groups excluding carboxylic acids is 1. The van der Waals surface area contributed by atoms with Crippen LogP contribution in [-0.2, 0) is 10.3 Å². The Bertz CT molecular complexity index is 710. The van der Waals surface area contributed by atoms with Gasteiger partial charge in [0.05, 0.1) is 6.54 Å². The zero-order valence-electron chi connectivity index (χ0n) is 14.0. The molecule has 7 heteroatoms. The zero-order chi connectivity index (χ0) is 17.7. The molecule has 0 fully saturated rings. The third-order valence-electron chi connectivity index (χ3n) is 3.63. The van der Waals surface area contributed by atoms with Gasteiger partial charge in [-0.15, -0.1) is 12.4 Å².